The molecule has 2 aliphatic heterocycles. The smallest absolute Gasteiger partial charge is 0.243 e. The molecule has 29 heavy (non-hydrogen) atoms. The number of sulfonamides is 1. The second-order valence-corrected chi connectivity index (χ2v) is 9.73. The second-order valence-electron chi connectivity index (χ2n) is 7.79. The number of amides is 1. The lowest BCUT2D eigenvalue weighted by molar-refractivity contribution is -0.121. The first-order valence-electron chi connectivity index (χ1n) is 10.2. The third kappa shape index (κ3) is 4.22. The van der Waals surface area contributed by atoms with Crippen LogP contribution < -0.4 is 5.32 Å². The molecular formula is C22H27N3O3S. The summed E-state index contributed by atoms with van der Waals surface area (Å²) in [4.78, 5) is 15.2. The van der Waals surface area contributed by atoms with Gasteiger partial charge in [-0.2, -0.15) is 4.31 Å². The van der Waals surface area contributed by atoms with Gasteiger partial charge in [-0.15, -0.1) is 0 Å². The van der Waals surface area contributed by atoms with Gasteiger partial charge in [0, 0.05) is 31.9 Å². The highest BCUT2D eigenvalue weighted by molar-refractivity contribution is 7.89. The first-order chi connectivity index (χ1) is 13.9. The van der Waals surface area contributed by atoms with Gasteiger partial charge in [-0.3, -0.25) is 9.69 Å². The SMILES string of the molecule is CC(C(=O)Nc1ccc(S(=O)(=O)N2CCCC2)cc1)N1CCc2ccccc2C1. The van der Waals surface area contributed by atoms with E-state index >= 15 is 0 Å². The van der Waals surface area contributed by atoms with E-state index in [0.29, 0.717) is 18.8 Å². The van der Waals surface area contributed by atoms with E-state index in [4.69, 9.17) is 0 Å². The maximum atomic E-state index is 12.7. The first-order valence-corrected chi connectivity index (χ1v) is 11.6. The predicted octanol–water partition coefficient (Wildman–Crippen LogP) is 2.86. The number of anilines is 1. The summed E-state index contributed by atoms with van der Waals surface area (Å²) in [6.45, 7) is 4.68. The molecule has 0 aliphatic carbocycles. The van der Waals surface area contributed by atoms with Crippen LogP contribution in [0.5, 0.6) is 0 Å². The van der Waals surface area contributed by atoms with Gasteiger partial charge in [-0.05, 0) is 61.6 Å². The first kappa shape index (κ1) is 20.1. The van der Waals surface area contributed by atoms with Crippen molar-refractivity contribution in [2.45, 2.75) is 43.7 Å². The van der Waals surface area contributed by atoms with Gasteiger partial charge >= 0.3 is 0 Å². The molecule has 0 spiro atoms. The normalized spacial score (nSPS) is 18.9. The van der Waals surface area contributed by atoms with Gasteiger partial charge in [-0.1, -0.05) is 24.3 Å². The molecule has 1 N–H and O–H groups in total. The Morgan fingerprint density at radius 3 is 2.31 bits per heavy atom. The van der Waals surface area contributed by atoms with Crippen molar-refractivity contribution < 1.29 is 13.2 Å². The van der Waals surface area contributed by atoms with Gasteiger partial charge in [0.1, 0.15) is 0 Å². The Hall–Kier alpha value is -2.22. The van der Waals surface area contributed by atoms with Crippen molar-refractivity contribution in [1.82, 2.24) is 9.21 Å². The number of hydrogen-bond acceptors (Lipinski definition) is 4. The molecule has 7 heteroatoms. The van der Waals surface area contributed by atoms with Crippen LogP contribution in [0.1, 0.15) is 30.9 Å². The molecule has 0 aromatic heterocycles. The largest absolute Gasteiger partial charge is 0.325 e. The molecule has 1 saturated heterocycles. The van der Waals surface area contributed by atoms with E-state index in [9.17, 15) is 13.2 Å². The van der Waals surface area contributed by atoms with Crippen molar-refractivity contribution in [2.24, 2.45) is 0 Å². The van der Waals surface area contributed by atoms with Crippen LogP contribution in [-0.4, -0.2) is 49.2 Å². The van der Waals surface area contributed by atoms with Crippen molar-refractivity contribution in [3.63, 3.8) is 0 Å². The highest BCUT2D eigenvalue weighted by Crippen LogP contribution is 2.23. The van der Waals surface area contributed by atoms with Crippen LogP contribution in [0.15, 0.2) is 53.4 Å². The topological polar surface area (TPSA) is 69.7 Å². The maximum absolute atomic E-state index is 12.7. The van der Waals surface area contributed by atoms with Crippen LogP contribution in [-0.2, 0) is 27.8 Å². The number of fused-ring (bicyclic) bond motifs is 1. The minimum atomic E-state index is -3.43. The predicted molar refractivity (Wildman–Crippen MR) is 113 cm³/mol. The van der Waals surface area contributed by atoms with Gasteiger partial charge in [-0.25, -0.2) is 8.42 Å². The molecule has 0 saturated carbocycles. The quantitative estimate of drug-likeness (QED) is 0.818. The molecule has 4 rings (SSSR count). The highest BCUT2D eigenvalue weighted by atomic mass is 32.2. The van der Waals surface area contributed by atoms with E-state index in [1.807, 2.05) is 13.0 Å². The van der Waals surface area contributed by atoms with E-state index in [1.54, 1.807) is 24.3 Å². The molecule has 2 aromatic rings. The standard InChI is InChI=1S/C22H27N3O3S/c1-17(24-15-12-18-6-2-3-7-19(18)16-24)22(26)23-20-8-10-21(11-9-20)29(27,28)25-13-4-5-14-25/h2-3,6-11,17H,4-5,12-16H2,1H3,(H,23,26). The summed E-state index contributed by atoms with van der Waals surface area (Å²) in [5, 5.41) is 2.92. The molecule has 2 heterocycles. The summed E-state index contributed by atoms with van der Waals surface area (Å²) in [6.07, 6.45) is 2.76. The molecule has 1 amide bonds. The Kier molecular flexibility index (Phi) is 5.72. The zero-order valence-corrected chi connectivity index (χ0v) is 17.5. The average molecular weight is 414 g/mol. The van der Waals surface area contributed by atoms with Crippen LogP contribution in [0.2, 0.25) is 0 Å². The van der Waals surface area contributed by atoms with E-state index in [0.717, 1.165) is 32.4 Å². The molecule has 0 radical (unpaired) electrons. The van der Waals surface area contributed by atoms with Crippen molar-refractivity contribution in [1.29, 1.82) is 0 Å². The average Bonchev–Trinajstić information content (AvgIpc) is 3.29. The Morgan fingerprint density at radius 1 is 0.966 bits per heavy atom. The number of carbonyl (C=O) groups excluding carboxylic acids is 1. The monoisotopic (exact) mass is 413 g/mol. The minimum absolute atomic E-state index is 0.0838. The molecular weight excluding hydrogens is 386 g/mol. The summed E-state index contributed by atoms with van der Waals surface area (Å²) < 4.78 is 26.8. The van der Waals surface area contributed by atoms with E-state index < -0.39 is 10.0 Å². The van der Waals surface area contributed by atoms with Gasteiger partial charge in [0.25, 0.3) is 0 Å². The number of nitrogens with zero attached hydrogens (tertiary/aromatic N) is 2. The lowest BCUT2D eigenvalue weighted by Crippen LogP contribution is -2.44. The van der Waals surface area contributed by atoms with Crippen LogP contribution in [0.25, 0.3) is 0 Å². The van der Waals surface area contributed by atoms with Gasteiger partial charge < -0.3 is 5.32 Å². The fraction of sp³-hybridized carbons (Fsp3) is 0.409. The lowest BCUT2D eigenvalue weighted by Gasteiger charge is -2.32. The molecule has 2 aliphatic rings. The van der Waals surface area contributed by atoms with Crippen molar-refractivity contribution in [2.75, 3.05) is 25.0 Å². The van der Waals surface area contributed by atoms with Gasteiger partial charge in [0.05, 0.1) is 10.9 Å². The van der Waals surface area contributed by atoms with Crippen molar-refractivity contribution in [3.05, 3.63) is 59.7 Å². The summed E-state index contributed by atoms with van der Waals surface area (Å²) in [6, 6.07) is 14.6. The summed E-state index contributed by atoms with van der Waals surface area (Å²) in [7, 11) is -3.43. The molecule has 1 atom stereocenters. The van der Waals surface area contributed by atoms with Crippen LogP contribution in [0.4, 0.5) is 5.69 Å². The Bertz CT molecular complexity index is 983. The third-order valence-corrected chi connectivity index (χ3v) is 7.82. The molecule has 2 aromatic carbocycles. The van der Waals surface area contributed by atoms with E-state index in [2.05, 4.69) is 28.4 Å². The maximum Gasteiger partial charge on any atom is 0.243 e. The number of nitrogens with one attached hydrogen (secondary N) is 1. The summed E-state index contributed by atoms with van der Waals surface area (Å²) >= 11 is 0. The third-order valence-electron chi connectivity index (χ3n) is 5.91. The fourth-order valence-electron chi connectivity index (χ4n) is 4.05. The minimum Gasteiger partial charge on any atom is -0.325 e. The Labute approximate surface area is 172 Å². The number of rotatable bonds is 5. The number of benzene rings is 2. The second kappa shape index (κ2) is 8.26. The van der Waals surface area contributed by atoms with Crippen LogP contribution >= 0.6 is 0 Å². The van der Waals surface area contributed by atoms with Crippen molar-refractivity contribution in [3.8, 4) is 0 Å². The molecule has 1 fully saturated rings. The van der Waals surface area contributed by atoms with Gasteiger partial charge in [0.2, 0.25) is 15.9 Å². The zero-order chi connectivity index (χ0) is 20.4. The number of carbonyl (C=O) groups is 1. The van der Waals surface area contributed by atoms with E-state index in [-0.39, 0.29) is 16.8 Å². The lowest BCUT2D eigenvalue weighted by atomic mass is 9.99. The number of hydrogen-bond donors (Lipinski definition) is 1. The summed E-state index contributed by atoms with van der Waals surface area (Å²) in [5.41, 5.74) is 3.24. The molecule has 1 unspecified atom stereocenters. The zero-order valence-electron chi connectivity index (χ0n) is 16.7. The van der Waals surface area contributed by atoms with Crippen LogP contribution in [0, 0.1) is 0 Å². The Morgan fingerprint density at radius 2 is 1.62 bits per heavy atom. The van der Waals surface area contributed by atoms with Gasteiger partial charge in [0.15, 0.2) is 0 Å². The van der Waals surface area contributed by atoms with E-state index in [1.165, 1.54) is 15.4 Å². The van der Waals surface area contributed by atoms with Crippen LogP contribution in [0.3, 0.4) is 0 Å². The van der Waals surface area contributed by atoms with Crippen molar-refractivity contribution >= 4 is 21.6 Å². The molecule has 6 nitrogen and oxygen atoms in total. The Balaban J connectivity index is 1.39. The highest BCUT2D eigenvalue weighted by Gasteiger charge is 2.28. The molecule has 154 valence electrons. The molecule has 0 bridgehead atoms. The fourth-order valence-corrected chi connectivity index (χ4v) is 5.57. The summed E-state index contributed by atoms with van der Waals surface area (Å²) in [5.74, 6) is -0.0838.